The van der Waals surface area contributed by atoms with Gasteiger partial charge in [0.05, 0.1) is 30.8 Å². The molecule has 4 aromatic rings. The first kappa shape index (κ1) is 22.9. The molecule has 0 atom stereocenters. The number of carbonyl (C=O) groups is 1. The number of rotatable bonds is 7. The third-order valence-corrected chi connectivity index (χ3v) is 6.06. The van der Waals surface area contributed by atoms with Crippen LogP contribution in [0.1, 0.15) is 5.56 Å². The van der Waals surface area contributed by atoms with Gasteiger partial charge in [0.25, 0.3) is 0 Å². The number of aryl methyl sites for hydroxylation is 1. The lowest BCUT2D eigenvalue weighted by Gasteiger charge is -2.26. The molecule has 1 aliphatic heterocycles. The van der Waals surface area contributed by atoms with E-state index in [4.69, 9.17) is 9.47 Å². The number of morpholine rings is 1. The van der Waals surface area contributed by atoms with Gasteiger partial charge in [-0.1, -0.05) is 42.0 Å². The molecule has 0 bridgehead atoms. The summed E-state index contributed by atoms with van der Waals surface area (Å²) in [5, 5.41) is 12.1. The zero-order valence-electron chi connectivity index (χ0n) is 19.7. The Hall–Kier alpha value is -3.88. The molecule has 2 heterocycles. The number of amides is 2. The van der Waals surface area contributed by atoms with Gasteiger partial charge in [-0.05, 0) is 31.2 Å². The van der Waals surface area contributed by atoms with Crippen LogP contribution in [-0.4, -0.2) is 60.2 Å². The molecule has 1 aromatic heterocycles. The standard InChI is InChI=1S/C27H29N5O3/c1-20-6-8-21(9-7-20)32-26(12-13-28-32)30-27(33)29-24-10-11-25(23-5-3-2-4-22(23)24)35-19-16-31-14-17-34-18-15-31/h2-13H,14-19H2,1H3,(H2,29,30,33). The molecule has 5 rings (SSSR count). The minimum atomic E-state index is -0.343. The lowest BCUT2D eigenvalue weighted by molar-refractivity contribution is 0.0323. The average molecular weight is 472 g/mol. The fraction of sp³-hybridized carbons (Fsp3) is 0.259. The number of benzene rings is 3. The van der Waals surface area contributed by atoms with Crippen molar-refractivity contribution in [3.63, 3.8) is 0 Å². The van der Waals surface area contributed by atoms with Crippen LogP contribution in [-0.2, 0) is 4.74 Å². The zero-order valence-corrected chi connectivity index (χ0v) is 19.7. The molecule has 0 spiro atoms. The topological polar surface area (TPSA) is 80.7 Å². The van der Waals surface area contributed by atoms with Crippen molar-refractivity contribution < 1.29 is 14.3 Å². The highest BCUT2D eigenvalue weighted by Crippen LogP contribution is 2.32. The Morgan fingerprint density at radius 1 is 0.971 bits per heavy atom. The van der Waals surface area contributed by atoms with Crippen molar-refractivity contribution in [3.05, 3.63) is 78.5 Å². The van der Waals surface area contributed by atoms with Crippen LogP contribution >= 0.6 is 0 Å². The van der Waals surface area contributed by atoms with Crippen molar-refractivity contribution in [1.29, 1.82) is 0 Å². The Kier molecular flexibility index (Phi) is 6.92. The van der Waals surface area contributed by atoms with Gasteiger partial charge in [0.15, 0.2) is 0 Å². The van der Waals surface area contributed by atoms with Crippen molar-refractivity contribution in [3.8, 4) is 11.4 Å². The molecule has 3 aromatic carbocycles. The highest BCUT2D eigenvalue weighted by atomic mass is 16.5. The van der Waals surface area contributed by atoms with Gasteiger partial charge in [-0.15, -0.1) is 0 Å². The number of nitrogens with zero attached hydrogens (tertiary/aromatic N) is 3. The van der Waals surface area contributed by atoms with Crippen molar-refractivity contribution in [1.82, 2.24) is 14.7 Å². The van der Waals surface area contributed by atoms with E-state index in [9.17, 15) is 4.79 Å². The van der Waals surface area contributed by atoms with Gasteiger partial charge in [0, 0.05) is 36.5 Å². The number of nitrogens with one attached hydrogen (secondary N) is 2. The van der Waals surface area contributed by atoms with Gasteiger partial charge in [0.2, 0.25) is 0 Å². The van der Waals surface area contributed by atoms with Crippen LogP contribution in [0.3, 0.4) is 0 Å². The predicted octanol–water partition coefficient (Wildman–Crippen LogP) is 4.69. The summed E-state index contributed by atoms with van der Waals surface area (Å²) in [5.41, 5.74) is 2.74. The Balaban J connectivity index is 1.27. The van der Waals surface area contributed by atoms with Crippen LogP contribution in [0.5, 0.6) is 5.75 Å². The van der Waals surface area contributed by atoms with E-state index in [0.29, 0.717) is 18.1 Å². The fourth-order valence-electron chi connectivity index (χ4n) is 4.18. The van der Waals surface area contributed by atoms with Crippen molar-refractivity contribution >= 4 is 28.3 Å². The maximum Gasteiger partial charge on any atom is 0.324 e. The van der Waals surface area contributed by atoms with Gasteiger partial charge in [0.1, 0.15) is 18.2 Å². The number of hydrogen-bond acceptors (Lipinski definition) is 5. The quantitative estimate of drug-likeness (QED) is 0.409. The first-order valence-electron chi connectivity index (χ1n) is 11.8. The van der Waals surface area contributed by atoms with Gasteiger partial charge in [-0.2, -0.15) is 5.10 Å². The summed E-state index contributed by atoms with van der Waals surface area (Å²) in [6.07, 6.45) is 1.66. The lowest BCUT2D eigenvalue weighted by atomic mass is 10.1. The van der Waals surface area contributed by atoms with Gasteiger partial charge >= 0.3 is 6.03 Å². The molecule has 0 aliphatic carbocycles. The predicted molar refractivity (Wildman–Crippen MR) is 138 cm³/mol. The Labute approximate surface area is 204 Å². The maximum atomic E-state index is 12.9. The summed E-state index contributed by atoms with van der Waals surface area (Å²) in [6, 6.07) is 21.1. The van der Waals surface area contributed by atoms with Crippen LogP contribution in [0.25, 0.3) is 16.5 Å². The Morgan fingerprint density at radius 3 is 2.54 bits per heavy atom. The van der Waals surface area contributed by atoms with Crippen molar-refractivity contribution in [2.24, 2.45) is 0 Å². The van der Waals surface area contributed by atoms with Crippen LogP contribution < -0.4 is 15.4 Å². The number of fused-ring (bicyclic) bond motifs is 1. The molecular weight excluding hydrogens is 442 g/mol. The smallest absolute Gasteiger partial charge is 0.324 e. The molecule has 8 heteroatoms. The van der Waals surface area contributed by atoms with Gasteiger partial charge < -0.3 is 14.8 Å². The number of aromatic nitrogens is 2. The van der Waals surface area contributed by atoms with Crippen LogP contribution in [0.15, 0.2) is 72.9 Å². The van der Waals surface area contributed by atoms with E-state index < -0.39 is 0 Å². The third-order valence-electron chi connectivity index (χ3n) is 6.06. The Morgan fingerprint density at radius 2 is 1.74 bits per heavy atom. The van der Waals surface area contributed by atoms with Gasteiger partial charge in [-0.3, -0.25) is 10.2 Å². The normalized spacial score (nSPS) is 14.1. The van der Waals surface area contributed by atoms with Crippen LogP contribution in [0.2, 0.25) is 0 Å². The SMILES string of the molecule is Cc1ccc(-n2nccc2NC(=O)Nc2ccc(OCCN3CCOCC3)c3ccccc23)cc1. The summed E-state index contributed by atoms with van der Waals surface area (Å²) in [5.74, 6) is 1.39. The summed E-state index contributed by atoms with van der Waals surface area (Å²) < 4.78 is 13.2. The van der Waals surface area contributed by atoms with E-state index >= 15 is 0 Å². The summed E-state index contributed by atoms with van der Waals surface area (Å²) >= 11 is 0. The highest BCUT2D eigenvalue weighted by Gasteiger charge is 2.14. The minimum absolute atomic E-state index is 0.343. The summed E-state index contributed by atoms with van der Waals surface area (Å²) in [7, 11) is 0. The second-order valence-electron chi connectivity index (χ2n) is 8.50. The van der Waals surface area contributed by atoms with E-state index in [1.165, 1.54) is 0 Å². The minimum Gasteiger partial charge on any atom is -0.492 e. The average Bonchev–Trinajstić information content (AvgIpc) is 3.34. The first-order valence-corrected chi connectivity index (χ1v) is 11.8. The highest BCUT2D eigenvalue weighted by molar-refractivity contribution is 6.07. The maximum absolute atomic E-state index is 12.9. The molecule has 35 heavy (non-hydrogen) atoms. The molecule has 2 N–H and O–H groups in total. The number of hydrogen-bond donors (Lipinski definition) is 2. The molecule has 8 nitrogen and oxygen atoms in total. The molecule has 0 radical (unpaired) electrons. The molecule has 1 aliphatic rings. The van der Waals surface area contributed by atoms with E-state index in [0.717, 1.165) is 60.6 Å². The molecule has 0 saturated carbocycles. The van der Waals surface area contributed by atoms with Gasteiger partial charge in [-0.25, -0.2) is 9.48 Å². The van der Waals surface area contributed by atoms with E-state index in [2.05, 4.69) is 20.6 Å². The molecule has 1 saturated heterocycles. The van der Waals surface area contributed by atoms with E-state index in [1.54, 1.807) is 16.9 Å². The molecule has 1 fully saturated rings. The van der Waals surface area contributed by atoms with Crippen LogP contribution in [0.4, 0.5) is 16.3 Å². The zero-order chi connectivity index (χ0) is 24.0. The molecular formula is C27H29N5O3. The van der Waals surface area contributed by atoms with Crippen LogP contribution in [0, 0.1) is 6.92 Å². The summed E-state index contributed by atoms with van der Waals surface area (Å²) in [6.45, 7) is 6.91. The van der Waals surface area contributed by atoms with E-state index in [1.807, 2.05) is 67.6 Å². The number of anilines is 2. The van der Waals surface area contributed by atoms with Crippen molar-refractivity contribution in [2.45, 2.75) is 6.92 Å². The second-order valence-corrected chi connectivity index (χ2v) is 8.50. The first-order chi connectivity index (χ1) is 17.2. The number of urea groups is 1. The largest absolute Gasteiger partial charge is 0.492 e. The summed E-state index contributed by atoms with van der Waals surface area (Å²) in [4.78, 5) is 15.2. The Bertz CT molecular complexity index is 1300. The molecule has 2 amide bonds. The third kappa shape index (κ3) is 5.45. The monoisotopic (exact) mass is 471 g/mol. The van der Waals surface area contributed by atoms with Crippen molar-refractivity contribution in [2.75, 3.05) is 50.1 Å². The second kappa shape index (κ2) is 10.6. The van der Waals surface area contributed by atoms with E-state index in [-0.39, 0.29) is 6.03 Å². The molecule has 180 valence electrons. The fourth-order valence-corrected chi connectivity index (χ4v) is 4.18. The lowest BCUT2D eigenvalue weighted by Crippen LogP contribution is -2.38. The number of carbonyl (C=O) groups excluding carboxylic acids is 1. The molecule has 0 unspecified atom stereocenters. The number of ether oxygens (including phenoxy) is 2.